The summed E-state index contributed by atoms with van der Waals surface area (Å²) in [5, 5.41) is 3.59. The number of carbonyl (C=O) groups excluding carboxylic acids is 1. The average molecular weight is 158 g/mol. The number of alkyl halides is 1. The third-order valence-electron chi connectivity index (χ3n) is 0.994. The van der Waals surface area contributed by atoms with Gasteiger partial charge in [0.1, 0.15) is 13.3 Å². The lowest BCUT2D eigenvalue weighted by Gasteiger charge is -1.99. The maximum Gasteiger partial charge on any atom is 0.434 e. The van der Waals surface area contributed by atoms with Gasteiger partial charge in [-0.2, -0.15) is 9.78 Å². The van der Waals surface area contributed by atoms with Crippen molar-refractivity contribution in [1.82, 2.24) is 9.78 Å². The third-order valence-corrected chi connectivity index (χ3v) is 0.994. The van der Waals surface area contributed by atoms with Gasteiger partial charge in [-0.25, -0.2) is 9.18 Å². The van der Waals surface area contributed by atoms with Crippen molar-refractivity contribution in [3.63, 3.8) is 0 Å². The van der Waals surface area contributed by atoms with Gasteiger partial charge in [-0.05, 0) is 6.07 Å². The second kappa shape index (κ2) is 3.70. The van der Waals surface area contributed by atoms with Crippen LogP contribution in [-0.4, -0.2) is 29.2 Å². The fourth-order valence-corrected chi connectivity index (χ4v) is 0.569. The van der Waals surface area contributed by atoms with Gasteiger partial charge in [0, 0.05) is 12.4 Å². The minimum Gasteiger partial charge on any atom is -0.445 e. The van der Waals surface area contributed by atoms with Crippen LogP contribution in [0, 0.1) is 0 Å². The van der Waals surface area contributed by atoms with E-state index in [0.717, 1.165) is 4.68 Å². The van der Waals surface area contributed by atoms with Gasteiger partial charge in [0.25, 0.3) is 0 Å². The summed E-state index contributed by atoms with van der Waals surface area (Å²) in [6.07, 6.45) is 2.21. The summed E-state index contributed by atoms with van der Waals surface area (Å²) < 4.78 is 16.9. The summed E-state index contributed by atoms with van der Waals surface area (Å²) in [4.78, 5) is 10.8. The second-order valence-corrected chi connectivity index (χ2v) is 1.75. The van der Waals surface area contributed by atoms with E-state index >= 15 is 0 Å². The Morgan fingerprint density at radius 1 is 1.73 bits per heavy atom. The molecule has 1 aromatic heterocycles. The zero-order valence-electron chi connectivity index (χ0n) is 5.74. The normalized spacial score (nSPS) is 9.55. The Hall–Kier alpha value is -1.39. The zero-order valence-corrected chi connectivity index (χ0v) is 5.74. The highest BCUT2D eigenvalue weighted by Gasteiger charge is 2.03. The average Bonchev–Trinajstić information content (AvgIpc) is 2.52. The lowest BCUT2D eigenvalue weighted by atomic mass is 10.7. The van der Waals surface area contributed by atoms with Crippen LogP contribution in [0.25, 0.3) is 0 Å². The van der Waals surface area contributed by atoms with Crippen molar-refractivity contribution in [2.24, 2.45) is 0 Å². The van der Waals surface area contributed by atoms with Crippen LogP contribution in [0.2, 0.25) is 0 Å². The second-order valence-electron chi connectivity index (χ2n) is 1.75. The topological polar surface area (TPSA) is 44.1 Å². The molecule has 0 atom stereocenters. The van der Waals surface area contributed by atoms with E-state index in [0.29, 0.717) is 0 Å². The number of aromatic nitrogens is 2. The van der Waals surface area contributed by atoms with E-state index < -0.39 is 12.8 Å². The van der Waals surface area contributed by atoms with Gasteiger partial charge in [-0.3, -0.25) is 0 Å². The first-order chi connectivity index (χ1) is 5.34. The van der Waals surface area contributed by atoms with Gasteiger partial charge in [0.15, 0.2) is 0 Å². The Bertz CT molecular complexity index is 222. The highest BCUT2D eigenvalue weighted by molar-refractivity contribution is 5.68. The standard InChI is InChI=1S/C6H7FN2O2/c7-2-5-11-6(10)9-4-1-3-8-9/h1,3-4H,2,5H2. The van der Waals surface area contributed by atoms with E-state index in [9.17, 15) is 9.18 Å². The maximum absolute atomic E-state index is 11.5. The molecule has 60 valence electrons. The molecular weight excluding hydrogens is 151 g/mol. The van der Waals surface area contributed by atoms with E-state index in [2.05, 4.69) is 9.84 Å². The summed E-state index contributed by atoms with van der Waals surface area (Å²) in [6, 6.07) is 1.58. The lowest BCUT2D eigenvalue weighted by Crippen LogP contribution is -2.15. The number of rotatable bonds is 2. The fourth-order valence-electron chi connectivity index (χ4n) is 0.569. The van der Waals surface area contributed by atoms with Gasteiger partial charge in [0.2, 0.25) is 0 Å². The zero-order chi connectivity index (χ0) is 8.10. The van der Waals surface area contributed by atoms with Gasteiger partial charge >= 0.3 is 6.09 Å². The Labute approximate surface area is 62.6 Å². The molecule has 11 heavy (non-hydrogen) atoms. The van der Waals surface area contributed by atoms with Crippen molar-refractivity contribution in [2.45, 2.75) is 0 Å². The first kappa shape index (κ1) is 7.71. The molecule has 0 aliphatic carbocycles. The number of halogens is 1. The summed E-state index contributed by atoms with van der Waals surface area (Å²) in [6.45, 7) is -0.897. The molecule has 0 N–H and O–H groups in total. The number of carbonyl (C=O) groups is 1. The van der Waals surface area contributed by atoms with Crippen molar-refractivity contribution in [3.8, 4) is 0 Å². The maximum atomic E-state index is 11.5. The Morgan fingerprint density at radius 3 is 3.09 bits per heavy atom. The SMILES string of the molecule is O=C(OCCF)n1cccn1. The summed E-state index contributed by atoms with van der Waals surface area (Å²) in [7, 11) is 0. The first-order valence-electron chi connectivity index (χ1n) is 3.07. The molecule has 1 rings (SSSR count). The monoisotopic (exact) mass is 158 g/mol. The molecule has 1 aromatic rings. The summed E-state index contributed by atoms with van der Waals surface area (Å²) in [5.74, 6) is 0. The van der Waals surface area contributed by atoms with Gasteiger partial charge in [-0.1, -0.05) is 0 Å². The van der Waals surface area contributed by atoms with Gasteiger partial charge in [0.05, 0.1) is 0 Å². The van der Waals surface area contributed by atoms with Crippen molar-refractivity contribution >= 4 is 6.09 Å². The van der Waals surface area contributed by atoms with Gasteiger partial charge in [-0.15, -0.1) is 0 Å². The molecule has 0 aliphatic heterocycles. The summed E-state index contributed by atoms with van der Waals surface area (Å²) >= 11 is 0. The number of hydrogen-bond acceptors (Lipinski definition) is 3. The van der Waals surface area contributed by atoms with Gasteiger partial charge < -0.3 is 4.74 Å². The van der Waals surface area contributed by atoms with E-state index in [4.69, 9.17) is 0 Å². The van der Waals surface area contributed by atoms with E-state index in [1.165, 1.54) is 12.4 Å². The number of nitrogens with zero attached hydrogens (tertiary/aromatic N) is 2. The number of hydrogen-bond donors (Lipinski definition) is 0. The van der Waals surface area contributed by atoms with Crippen molar-refractivity contribution in [1.29, 1.82) is 0 Å². The van der Waals surface area contributed by atoms with Crippen LogP contribution in [-0.2, 0) is 4.74 Å². The van der Waals surface area contributed by atoms with Crippen LogP contribution < -0.4 is 0 Å². The molecule has 1 heterocycles. The van der Waals surface area contributed by atoms with Crippen LogP contribution in [0.1, 0.15) is 0 Å². The quantitative estimate of drug-likeness (QED) is 0.640. The molecule has 0 aliphatic rings. The minimum atomic E-state index is -0.674. The summed E-state index contributed by atoms with van der Waals surface area (Å²) in [5.41, 5.74) is 0. The molecular formula is C6H7FN2O2. The highest BCUT2D eigenvalue weighted by atomic mass is 19.1. The smallest absolute Gasteiger partial charge is 0.434 e. The Morgan fingerprint density at radius 2 is 2.55 bits per heavy atom. The largest absolute Gasteiger partial charge is 0.445 e. The fraction of sp³-hybridized carbons (Fsp3) is 0.333. The molecule has 0 saturated carbocycles. The molecule has 0 bridgehead atoms. The predicted molar refractivity (Wildman–Crippen MR) is 34.9 cm³/mol. The molecule has 0 unspecified atom stereocenters. The lowest BCUT2D eigenvalue weighted by molar-refractivity contribution is 0.136. The molecule has 0 spiro atoms. The number of ether oxygens (including phenoxy) is 1. The third kappa shape index (κ3) is 2.03. The van der Waals surface area contributed by atoms with Crippen molar-refractivity contribution in [3.05, 3.63) is 18.5 Å². The van der Waals surface area contributed by atoms with Crippen LogP contribution in [0.5, 0.6) is 0 Å². The molecule has 0 amide bonds. The highest BCUT2D eigenvalue weighted by Crippen LogP contribution is 1.88. The first-order valence-corrected chi connectivity index (χ1v) is 3.07. The molecule has 5 heteroatoms. The van der Waals surface area contributed by atoms with Crippen LogP contribution in [0.15, 0.2) is 18.5 Å². The van der Waals surface area contributed by atoms with Crippen molar-refractivity contribution < 1.29 is 13.9 Å². The molecule has 0 fully saturated rings. The Balaban J connectivity index is 2.43. The predicted octanol–water partition coefficient (Wildman–Crippen LogP) is 0.837. The molecule has 0 saturated heterocycles. The van der Waals surface area contributed by atoms with Crippen LogP contribution >= 0.6 is 0 Å². The minimum absolute atomic E-state index is 0.224. The van der Waals surface area contributed by atoms with E-state index in [-0.39, 0.29) is 6.61 Å². The molecule has 0 aromatic carbocycles. The molecule has 4 nitrogen and oxygen atoms in total. The molecule has 0 radical (unpaired) electrons. The van der Waals surface area contributed by atoms with Crippen LogP contribution in [0.3, 0.4) is 0 Å². The Kier molecular flexibility index (Phi) is 2.59. The van der Waals surface area contributed by atoms with E-state index in [1.54, 1.807) is 6.07 Å². The van der Waals surface area contributed by atoms with Crippen LogP contribution in [0.4, 0.5) is 9.18 Å². The van der Waals surface area contributed by atoms with Crippen molar-refractivity contribution in [2.75, 3.05) is 13.3 Å². The van der Waals surface area contributed by atoms with E-state index in [1.807, 2.05) is 0 Å².